The van der Waals surface area contributed by atoms with Crippen molar-refractivity contribution in [2.75, 3.05) is 6.54 Å². The highest BCUT2D eigenvalue weighted by molar-refractivity contribution is 5.30. The third-order valence-corrected chi connectivity index (χ3v) is 2.65. The molecule has 0 amide bonds. The number of hydrogen-bond acceptors (Lipinski definition) is 2. The summed E-state index contributed by atoms with van der Waals surface area (Å²) < 4.78 is 12.9. The second-order valence-electron chi connectivity index (χ2n) is 3.82. The number of nitrogens with zero attached hydrogens (tertiary/aromatic N) is 1. The van der Waals surface area contributed by atoms with E-state index in [2.05, 4.69) is 17.2 Å². The van der Waals surface area contributed by atoms with Crippen LogP contribution in [0.4, 0.5) is 4.39 Å². The predicted molar refractivity (Wildman–Crippen MR) is 66.2 cm³/mol. The monoisotopic (exact) mass is 230 g/mol. The molecule has 0 spiro atoms. The molecular weight excluding hydrogens is 215 g/mol. The van der Waals surface area contributed by atoms with Crippen LogP contribution in [0.15, 0.2) is 48.8 Å². The SMILES string of the molecule is CCN[C@H](c1ccncc1)c1ccc(F)cc1. The lowest BCUT2D eigenvalue weighted by molar-refractivity contribution is 0.613. The molecule has 0 saturated carbocycles. The van der Waals surface area contributed by atoms with Gasteiger partial charge in [0.2, 0.25) is 0 Å². The maximum Gasteiger partial charge on any atom is 0.123 e. The maximum atomic E-state index is 12.9. The minimum Gasteiger partial charge on any atom is -0.307 e. The first-order chi connectivity index (χ1) is 8.31. The summed E-state index contributed by atoms with van der Waals surface area (Å²) in [4.78, 5) is 4.01. The Kier molecular flexibility index (Phi) is 3.83. The highest BCUT2D eigenvalue weighted by Gasteiger charge is 2.12. The van der Waals surface area contributed by atoms with Crippen molar-refractivity contribution in [3.63, 3.8) is 0 Å². The van der Waals surface area contributed by atoms with Crippen molar-refractivity contribution < 1.29 is 4.39 Å². The molecule has 2 aromatic rings. The molecule has 88 valence electrons. The molecular formula is C14H15FN2. The summed E-state index contributed by atoms with van der Waals surface area (Å²) in [6.07, 6.45) is 3.53. The van der Waals surface area contributed by atoms with Crippen molar-refractivity contribution in [2.24, 2.45) is 0 Å². The number of aromatic nitrogens is 1. The van der Waals surface area contributed by atoms with Gasteiger partial charge in [-0.2, -0.15) is 0 Å². The fourth-order valence-corrected chi connectivity index (χ4v) is 1.84. The van der Waals surface area contributed by atoms with E-state index in [0.717, 1.165) is 17.7 Å². The van der Waals surface area contributed by atoms with Gasteiger partial charge in [-0.3, -0.25) is 4.98 Å². The molecule has 0 aliphatic rings. The molecule has 0 radical (unpaired) electrons. The van der Waals surface area contributed by atoms with Gasteiger partial charge in [-0.1, -0.05) is 19.1 Å². The fraction of sp³-hybridized carbons (Fsp3) is 0.214. The van der Waals surface area contributed by atoms with Gasteiger partial charge in [-0.25, -0.2) is 4.39 Å². The van der Waals surface area contributed by atoms with Gasteiger partial charge in [0.05, 0.1) is 6.04 Å². The van der Waals surface area contributed by atoms with Gasteiger partial charge in [0, 0.05) is 12.4 Å². The van der Waals surface area contributed by atoms with Crippen LogP contribution < -0.4 is 5.32 Å². The molecule has 0 bridgehead atoms. The quantitative estimate of drug-likeness (QED) is 0.873. The topological polar surface area (TPSA) is 24.9 Å². The molecule has 0 saturated heterocycles. The van der Waals surface area contributed by atoms with Crippen LogP contribution in [0, 0.1) is 5.82 Å². The zero-order valence-corrected chi connectivity index (χ0v) is 9.73. The lowest BCUT2D eigenvalue weighted by atomic mass is 10.00. The lowest BCUT2D eigenvalue weighted by Gasteiger charge is -2.18. The molecule has 17 heavy (non-hydrogen) atoms. The Morgan fingerprint density at radius 1 is 1.06 bits per heavy atom. The highest BCUT2D eigenvalue weighted by atomic mass is 19.1. The number of nitrogens with one attached hydrogen (secondary N) is 1. The van der Waals surface area contributed by atoms with Crippen molar-refractivity contribution in [3.05, 3.63) is 65.7 Å². The smallest absolute Gasteiger partial charge is 0.123 e. The van der Waals surface area contributed by atoms with E-state index in [1.165, 1.54) is 12.1 Å². The second-order valence-corrected chi connectivity index (χ2v) is 3.82. The minimum absolute atomic E-state index is 0.0867. The van der Waals surface area contributed by atoms with Crippen LogP contribution in [-0.4, -0.2) is 11.5 Å². The van der Waals surface area contributed by atoms with E-state index in [4.69, 9.17) is 0 Å². The molecule has 1 aromatic heterocycles. The molecule has 0 fully saturated rings. The molecule has 1 N–H and O–H groups in total. The van der Waals surface area contributed by atoms with Gasteiger partial charge < -0.3 is 5.32 Å². The average molecular weight is 230 g/mol. The van der Waals surface area contributed by atoms with Crippen molar-refractivity contribution in [1.82, 2.24) is 10.3 Å². The molecule has 1 heterocycles. The lowest BCUT2D eigenvalue weighted by Crippen LogP contribution is -2.21. The van der Waals surface area contributed by atoms with Crippen LogP contribution in [0.3, 0.4) is 0 Å². The number of benzene rings is 1. The Balaban J connectivity index is 2.32. The molecule has 0 aliphatic heterocycles. The first-order valence-electron chi connectivity index (χ1n) is 5.70. The van der Waals surface area contributed by atoms with Gasteiger partial charge in [0.15, 0.2) is 0 Å². The Bertz CT molecular complexity index is 453. The Morgan fingerprint density at radius 3 is 2.24 bits per heavy atom. The summed E-state index contributed by atoms with van der Waals surface area (Å²) >= 11 is 0. The summed E-state index contributed by atoms with van der Waals surface area (Å²) in [5.74, 6) is -0.210. The molecule has 0 aliphatic carbocycles. The third kappa shape index (κ3) is 2.88. The average Bonchev–Trinajstić information content (AvgIpc) is 2.38. The molecule has 0 unspecified atom stereocenters. The Morgan fingerprint density at radius 2 is 1.65 bits per heavy atom. The summed E-state index contributed by atoms with van der Waals surface area (Å²) in [6, 6.07) is 10.6. The molecule has 2 nitrogen and oxygen atoms in total. The van der Waals surface area contributed by atoms with E-state index < -0.39 is 0 Å². The summed E-state index contributed by atoms with van der Waals surface area (Å²) in [5.41, 5.74) is 2.19. The van der Waals surface area contributed by atoms with Crippen LogP contribution >= 0.6 is 0 Å². The van der Waals surface area contributed by atoms with Gasteiger partial charge in [0.1, 0.15) is 5.82 Å². The van der Waals surface area contributed by atoms with Crippen molar-refractivity contribution in [1.29, 1.82) is 0 Å². The van der Waals surface area contributed by atoms with Gasteiger partial charge in [0.25, 0.3) is 0 Å². The predicted octanol–water partition coefficient (Wildman–Crippen LogP) is 2.92. The van der Waals surface area contributed by atoms with Gasteiger partial charge >= 0.3 is 0 Å². The first-order valence-corrected chi connectivity index (χ1v) is 5.70. The van der Waals surface area contributed by atoms with E-state index >= 15 is 0 Å². The Hall–Kier alpha value is -1.74. The zero-order chi connectivity index (χ0) is 12.1. The van der Waals surface area contributed by atoms with E-state index in [1.807, 2.05) is 24.3 Å². The van der Waals surface area contributed by atoms with Crippen LogP contribution in [0.2, 0.25) is 0 Å². The van der Waals surface area contributed by atoms with Gasteiger partial charge in [-0.15, -0.1) is 0 Å². The molecule has 2 rings (SSSR count). The maximum absolute atomic E-state index is 12.9. The van der Waals surface area contributed by atoms with Crippen molar-refractivity contribution in [2.45, 2.75) is 13.0 Å². The Labute approximate surface area is 101 Å². The van der Waals surface area contributed by atoms with E-state index in [1.54, 1.807) is 12.4 Å². The third-order valence-electron chi connectivity index (χ3n) is 2.65. The molecule has 1 aromatic carbocycles. The summed E-state index contributed by atoms with van der Waals surface area (Å²) in [5, 5.41) is 3.38. The van der Waals surface area contributed by atoms with E-state index in [0.29, 0.717) is 0 Å². The fourth-order valence-electron chi connectivity index (χ4n) is 1.84. The second kappa shape index (κ2) is 5.55. The summed E-state index contributed by atoms with van der Waals surface area (Å²) in [6.45, 7) is 2.90. The normalized spacial score (nSPS) is 12.4. The number of rotatable bonds is 4. The van der Waals surface area contributed by atoms with E-state index in [-0.39, 0.29) is 11.9 Å². The summed E-state index contributed by atoms with van der Waals surface area (Å²) in [7, 11) is 0. The minimum atomic E-state index is -0.210. The standard InChI is InChI=1S/C14H15FN2/c1-2-17-14(12-7-9-16-10-8-12)11-3-5-13(15)6-4-11/h3-10,14,17H,2H2,1H3/t14-/m0/s1. The number of pyridine rings is 1. The van der Waals surface area contributed by atoms with Crippen LogP contribution in [0.25, 0.3) is 0 Å². The largest absolute Gasteiger partial charge is 0.307 e. The number of halogens is 1. The van der Waals surface area contributed by atoms with E-state index in [9.17, 15) is 4.39 Å². The zero-order valence-electron chi connectivity index (χ0n) is 9.73. The highest BCUT2D eigenvalue weighted by Crippen LogP contribution is 2.21. The van der Waals surface area contributed by atoms with Crippen molar-refractivity contribution >= 4 is 0 Å². The van der Waals surface area contributed by atoms with Crippen LogP contribution in [0.1, 0.15) is 24.1 Å². The van der Waals surface area contributed by atoms with Crippen LogP contribution in [0.5, 0.6) is 0 Å². The molecule has 1 atom stereocenters. The molecule has 3 heteroatoms. The van der Waals surface area contributed by atoms with Gasteiger partial charge in [-0.05, 0) is 41.9 Å². The van der Waals surface area contributed by atoms with Crippen LogP contribution in [-0.2, 0) is 0 Å². The number of hydrogen-bond donors (Lipinski definition) is 1. The van der Waals surface area contributed by atoms with Crippen molar-refractivity contribution in [3.8, 4) is 0 Å². The first kappa shape index (κ1) is 11.7.